The molecule has 0 amide bonds. The zero-order chi connectivity index (χ0) is 22.1. The molecule has 5 nitrogen and oxygen atoms in total. The van der Waals surface area contributed by atoms with Crippen LogP contribution in [0.2, 0.25) is 5.02 Å². The van der Waals surface area contributed by atoms with Crippen LogP contribution in [0.25, 0.3) is 22.2 Å². The summed E-state index contributed by atoms with van der Waals surface area (Å²) in [5.74, 6) is 0.424. The fourth-order valence-corrected chi connectivity index (χ4v) is 4.30. The molecule has 0 unspecified atom stereocenters. The van der Waals surface area contributed by atoms with E-state index in [-0.39, 0.29) is 11.9 Å². The third-order valence-electron chi connectivity index (χ3n) is 5.73. The fraction of sp³-hybridized carbons (Fsp3) is 0.250. The molecule has 1 aliphatic rings. The molecule has 1 fully saturated rings. The summed E-state index contributed by atoms with van der Waals surface area (Å²) in [6.07, 6.45) is 3.08. The lowest BCUT2D eigenvalue weighted by Crippen LogP contribution is -2.29. The lowest BCUT2D eigenvalue weighted by atomic mass is 10.1. The van der Waals surface area contributed by atoms with Crippen LogP contribution in [0.15, 0.2) is 61.1 Å². The van der Waals surface area contributed by atoms with Crippen molar-refractivity contribution >= 4 is 28.5 Å². The van der Waals surface area contributed by atoms with E-state index in [9.17, 15) is 8.78 Å². The molecule has 0 saturated carbocycles. The zero-order valence-electron chi connectivity index (χ0n) is 17.2. The van der Waals surface area contributed by atoms with Crippen molar-refractivity contribution in [2.75, 3.05) is 18.4 Å². The molecule has 1 aliphatic heterocycles. The molecular weight excluding hydrogens is 432 g/mol. The van der Waals surface area contributed by atoms with Crippen LogP contribution >= 0.6 is 11.6 Å². The lowest BCUT2D eigenvalue weighted by molar-refractivity contribution is 0.356. The van der Waals surface area contributed by atoms with Crippen LogP contribution in [0.3, 0.4) is 0 Å². The summed E-state index contributed by atoms with van der Waals surface area (Å²) in [4.78, 5) is 8.83. The average Bonchev–Trinajstić information content (AvgIpc) is 3.39. The molecule has 2 aromatic heterocycles. The minimum absolute atomic E-state index is 0.0828. The van der Waals surface area contributed by atoms with Gasteiger partial charge in [0, 0.05) is 37.4 Å². The van der Waals surface area contributed by atoms with Crippen molar-refractivity contribution in [3.63, 3.8) is 0 Å². The quantitative estimate of drug-likeness (QED) is 0.429. The van der Waals surface area contributed by atoms with Crippen molar-refractivity contribution in [3.8, 4) is 11.1 Å². The van der Waals surface area contributed by atoms with Crippen LogP contribution in [-0.2, 0) is 6.54 Å². The van der Waals surface area contributed by atoms with E-state index in [0.717, 1.165) is 27.7 Å². The Balaban J connectivity index is 1.41. The SMILES string of the molecule is Fc1cccc(Cn2cnc3ccc(-c4cc(NC[C@H]5C[C@H](F)CN5)ncc4Cl)cc32)c1. The number of alkyl halides is 1. The highest BCUT2D eigenvalue weighted by Gasteiger charge is 2.23. The van der Waals surface area contributed by atoms with E-state index in [2.05, 4.69) is 20.6 Å². The summed E-state index contributed by atoms with van der Waals surface area (Å²) in [5, 5.41) is 6.97. The van der Waals surface area contributed by atoms with Gasteiger partial charge in [-0.2, -0.15) is 0 Å². The van der Waals surface area contributed by atoms with E-state index < -0.39 is 6.17 Å². The first kappa shape index (κ1) is 20.8. The van der Waals surface area contributed by atoms with E-state index >= 15 is 0 Å². The van der Waals surface area contributed by atoms with Crippen molar-refractivity contribution in [3.05, 3.63) is 77.5 Å². The molecule has 1 saturated heterocycles. The van der Waals surface area contributed by atoms with Gasteiger partial charge in [0.05, 0.1) is 22.4 Å². The van der Waals surface area contributed by atoms with Crippen LogP contribution in [0.5, 0.6) is 0 Å². The average molecular weight is 454 g/mol. The highest BCUT2D eigenvalue weighted by molar-refractivity contribution is 6.33. The smallest absolute Gasteiger partial charge is 0.126 e. The largest absolute Gasteiger partial charge is 0.368 e. The van der Waals surface area contributed by atoms with Gasteiger partial charge in [0.2, 0.25) is 0 Å². The van der Waals surface area contributed by atoms with Crippen molar-refractivity contribution in [2.24, 2.45) is 0 Å². The molecule has 8 heteroatoms. The zero-order valence-corrected chi connectivity index (χ0v) is 18.0. The maximum absolute atomic E-state index is 13.6. The third kappa shape index (κ3) is 4.45. The van der Waals surface area contributed by atoms with Crippen LogP contribution in [0, 0.1) is 5.82 Å². The summed E-state index contributed by atoms with van der Waals surface area (Å²) in [6, 6.07) is 14.5. The molecule has 32 heavy (non-hydrogen) atoms. The molecule has 5 rings (SSSR count). The normalized spacial score (nSPS) is 18.3. The van der Waals surface area contributed by atoms with Crippen molar-refractivity contribution in [1.82, 2.24) is 19.9 Å². The summed E-state index contributed by atoms with van der Waals surface area (Å²) < 4.78 is 29.0. The molecule has 0 aliphatic carbocycles. The number of nitrogens with zero attached hydrogens (tertiary/aromatic N) is 3. The van der Waals surface area contributed by atoms with Gasteiger partial charge >= 0.3 is 0 Å². The monoisotopic (exact) mass is 453 g/mol. The number of nitrogens with one attached hydrogen (secondary N) is 2. The van der Waals surface area contributed by atoms with Gasteiger partial charge < -0.3 is 15.2 Å². The molecule has 0 spiro atoms. The summed E-state index contributed by atoms with van der Waals surface area (Å²) >= 11 is 6.47. The Hall–Kier alpha value is -3.03. The number of imidazole rings is 1. The van der Waals surface area contributed by atoms with E-state index in [1.165, 1.54) is 12.1 Å². The molecule has 2 atom stereocenters. The molecule has 4 aromatic rings. The van der Waals surface area contributed by atoms with Gasteiger partial charge in [-0.05, 0) is 47.9 Å². The number of aromatic nitrogens is 3. The highest BCUT2D eigenvalue weighted by Crippen LogP contribution is 2.31. The second kappa shape index (κ2) is 8.84. The first-order valence-electron chi connectivity index (χ1n) is 10.5. The Kier molecular flexibility index (Phi) is 5.76. The van der Waals surface area contributed by atoms with Gasteiger partial charge in [0.15, 0.2) is 0 Å². The van der Waals surface area contributed by atoms with Gasteiger partial charge in [-0.1, -0.05) is 29.8 Å². The first-order chi connectivity index (χ1) is 15.5. The highest BCUT2D eigenvalue weighted by atomic mass is 35.5. The molecule has 164 valence electrons. The van der Waals surface area contributed by atoms with E-state index in [1.54, 1.807) is 18.6 Å². The van der Waals surface area contributed by atoms with Gasteiger partial charge in [0.1, 0.15) is 17.8 Å². The van der Waals surface area contributed by atoms with Crippen molar-refractivity contribution in [2.45, 2.75) is 25.2 Å². The van der Waals surface area contributed by atoms with Crippen LogP contribution in [0.1, 0.15) is 12.0 Å². The predicted molar refractivity (Wildman–Crippen MR) is 123 cm³/mol. The van der Waals surface area contributed by atoms with Gasteiger partial charge in [-0.15, -0.1) is 0 Å². The van der Waals surface area contributed by atoms with E-state index in [4.69, 9.17) is 11.6 Å². The summed E-state index contributed by atoms with van der Waals surface area (Å²) in [6.45, 7) is 1.50. The lowest BCUT2D eigenvalue weighted by Gasteiger charge is -2.13. The topological polar surface area (TPSA) is 54.8 Å². The maximum atomic E-state index is 13.6. The number of hydrogen-bond acceptors (Lipinski definition) is 4. The molecule has 0 bridgehead atoms. The molecule has 3 heterocycles. The second-order valence-electron chi connectivity index (χ2n) is 8.07. The number of pyridine rings is 1. The number of fused-ring (bicyclic) bond motifs is 1. The molecule has 2 aromatic carbocycles. The second-order valence-corrected chi connectivity index (χ2v) is 8.48. The Morgan fingerprint density at radius 1 is 1.16 bits per heavy atom. The number of rotatable bonds is 6. The van der Waals surface area contributed by atoms with Gasteiger partial charge in [-0.3, -0.25) is 0 Å². The first-order valence-corrected chi connectivity index (χ1v) is 10.9. The number of halogens is 3. The van der Waals surface area contributed by atoms with Crippen molar-refractivity contribution < 1.29 is 8.78 Å². The standard InChI is InChI=1S/C24H22ClF2N5/c25-21-12-30-24(29-11-19-8-18(27)10-28-19)9-20(21)16-4-5-22-23(7-16)32(14-31-22)13-15-2-1-3-17(26)6-15/h1-7,9,12,14,18-19,28H,8,10-11,13H2,(H,29,30)/t18-,19+/m0/s1. The molecular formula is C24H22ClF2N5. The fourth-order valence-electron chi connectivity index (χ4n) is 4.09. The maximum Gasteiger partial charge on any atom is 0.126 e. The van der Waals surface area contributed by atoms with Crippen molar-refractivity contribution in [1.29, 1.82) is 0 Å². The number of benzene rings is 2. The number of anilines is 1. The Morgan fingerprint density at radius 2 is 2.06 bits per heavy atom. The molecule has 2 N–H and O–H groups in total. The minimum atomic E-state index is -0.792. The summed E-state index contributed by atoms with van der Waals surface area (Å²) in [7, 11) is 0. The van der Waals surface area contributed by atoms with Crippen LogP contribution in [-0.4, -0.2) is 39.8 Å². The van der Waals surface area contributed by atoms with Gasteiger partial charge in [0.25, 0.3) is 0 Å². The summed E-state index contributed by atoms with van der Waals surface area (Å²) in [5.41, 5.74) is 4.41. The van der Waals surface area contributed by atoms with E-state index in [0.29, 0.717) is 36.9 Å². The Bertz CT molecular complexity index is 1260. The molecule has 0 radical (unpaired) electrons. The van der Waals surface area contributed by atoms with Crippen LogP contribution < -0.4 is 10.6 Å². The number of hydrogen-bond donors (Lipinski definition) is 2. The Morgan fingerprint density at radius 3 is 2.88 bits per heavy atom. The third-order valence-corrected chi connectivity index (χ3v) is 6.03. The predicted octanol–water partition coefficient (Wildman–Crippen LogP) is 5.05. The van der Waals surface area contributed by atoms with E-state index in [1.807, 2.05) is 34.9 Å². The van der Waals surface area contributed by atoms with Crippen LogP contribution in [0.4, 0.5) is 14.6 Å². The Labute approximate surface area is 189 Å². The van der Waals surface area contributed by atoms with Gasteiger partial charge in [-0.25, -0.2) is 18.7 Å². The minimum Gasteiger partial charge on any atom is -0.368 e.